The SMILES string of the molecule is COCCNC(=O)CCc1c(C)oc2c(C=O)c(O)ccc2c1=O. The molecule has 0 aliphatic heterocycles. The summed E-state index contributed by atoms with van der Waals surface area (Å²) in [5, 5.41) is 12.6. The Hall–Kier alpha value is -2.67. The van der Waals surface area contributed by atoms with Gasteiger partial charge in [-0.1, -0.05) is 0 Å². The zero-order valence-electron chi connectivity index (χ0n) is 13.5. The fraction of sp³-hybridized carbons (Fsp3) is 0.353. The van der Waals surface area contributed by atoms with Crippen LogP contribution in [0.2, 0.25) is 0 Å². The molecule has 0 atom stereocenters. The number of aldehydes is 1. The largest absolute Gasteiger partial charge is 0.507 e. The van der Waals surface area contributed by atoms with Gasteiger partial charge >= 0.3 is 0 Å². The highest BCUT2D eigenvalue weighted by Gasteiger charge is 2.17. The van der Waals surface area contributed by atoms with E-state index in [1.165, 1.54) is 12.1 Å². The Kier molecular flexibility index (Phi) is 5.70. The molecule has 0 saturated heterocycles. The normalized spacial score (nSPS) is 10.8. The molecule has 0 unspecified atom stereocenters. The van der Waals surface area contributed by atoms with Gasteiger partial charge in [-0.15, -0.1) is 0 Å². The Morgan fingerprint density at radius 2 is 2.17 bits per heavy atom. The minimum Gasteiger partial charge on any atom is -0.507 e. The second-order valence-electron chi connectivity index (χ2n) is 5.30. The fourth-order valence-corrected chi connectivity index (χ4v) is 2.44. The molecule has 1 aromatic heterocycles. The van der Waals surface area contributed by atoms with E-state index in [2.05, 4.69) is 5.32 Å². The zero-order chi connectivity index (χ0) is 17.7. The minimum atomic E-state index is -0.304. The van der Waals surface area contributed by atoms with Gasteiger partial charge in [0.05, 0.1) is 17.6 Å². The van der Waals surface area contributed by atoms with Gasteiger partial charge in [-0.3, -0.25) is 14.4 Å². The molecule has 0 aliphatic rings. The Morgan fingerprint density at radius 3 is 2.83 bits per heavy atom. The highest BCUT2D eigenvalue weighted by molar-refractivity contribution is 5.97. The first-order chi connectivity index (χ1) is 11.5. The number of hydrogen-bond acceptors (Lipinski definition) is 6. The molecule has 0 bridgehead atoms. The standard InChI is InChI=1S/C17H19NO6/c1-10-11(4-6-15(21)18-7-8-23-2)16(22)12-3-5-14(20)13(9-19)17(12)24-10/h3,5,9,20H,4,6-8H2,1-2H3,(H,18,21). The summed E-state index contributed by atoms with van der Waals surface area (Å²) in [7, 11) is 1.54. The van der Waals surface area contributed by atoms with E-state index >= 15 is 0 Å². The van der Waals surface area contributed by atoms with Gasteiger partial charge in [0.1, 0.15) is 11.5 Å². The van der Waals surface area contributed by atoms with Crippen LogP contribution in [0.5, 0.6) is 5.75 Å². The van der Waals surface area contributed by atoms with Crippen LogP contribution in [0, 0.1) is 6.92 Å². The van der Waals surface area contributed by atoms with Crippen LogP contribution in [-0.4, -0.2) is 37.6 Å². The first-order valence-electron chi connectivity index (χ1n) is 7.48. The Labute approximate surface area is 138 Å². The molecule has 0 spiro atoms. The highest BCUT2D eigenvalue weighted by Crippen LogP contribution is 2.25. The number of carbonyl (C=O) groups is 2. The number of methoxy groups -OCH3 is 1. The van der Waals surface area contributed by atoms with Crippen LogP contribution in [0.15, 0.2) is 21.3 Å². The number of nitrogens with one attached hydrogen (secondary N) is 1. The van der Waals surface area contributed by atoms with Crippen molar-refractivity contribution >= 4 is 23.2 Å². The lowest BCUT2D eigenvalue weighted by atomic mass is 10.0. The first-order valence-corrected chi connectivity index (χ1v) is 7.48. The molecule has 1 amide bonds. The average molecular weight is 333 g/mol. The van der Waals surface area contributed by atoms with Crippen molar-refractivity contribution in [2.24, 2.45) is 0 Å². The van der Waals surface area contributed by atoms with E-state index in [-0.39, 0.29) is 46.5 Å². The molecule has 0 fully saturated rings. The molecule has 7 nitrogen and oxygen atoms in total. The van der Waals surface area contributed by atoms with Crippen LogP contribution in [0.1, 0.15) is 28.1 Å². The molecular weight excluding hydrogens is 314 g/mol. The van der Waals surface area contributed by atoms with Gasteiger partial charge in [-0.2, -0.15) is 0 Å². The second kappa shape index (κ2) is 7.74. The monoisotopic (exact) mass is 333 g/mol. The van der Waals surface area contributed by atoms with Crippen LogP contribution >= 0.6 is 0 Å². The van der Waals surface area contributed by atoms with Crippen molar-refractivity contribution in [3.05, 3.63) is 39.2 Å². The van der Waals surface area contributed by atoms with Crippen molar-refractivity contribution in [2.45, 2.75) is 19.8 Å². The summed E-state index contributed by atoms with van der Waals surface area (Å²) in [5.41, 5.74) is 0.0748. The average Bonchev–Trinajstić information content (AvgIpc) is 2.54. The number of hydrogen-bond donors (Lipinski definition) is 2. The summed E-state index contributed by atoms with van der Waals surface area (Å²) in [4.78, 5) is 35.4. The maximum absolute atomic E-state index is 12.6. The maximum atomic E-state index is 12.6. The molecular formula is C17H19NO6. The Bertz CT molecular complexity index is 824. The van der Waals surface area contributed by atoms with E-state index in [1.807, 2.05) is 0 Å². The lowest BCUT2D eigenvalue weighted by molar-refractivity contribution is -0.121. The molecule has 2 rings (SSSR count). The highest BCUT2D eigenvalue weighted by atomic mass is 16.5. The Morgan fingerprint density at radius 1 is 1.42 bits per heavy atom. The molecule has 24 heavy (non-hydrogen) atoms. The summed E-state index contributed by atoms with van der Waals surface area (Å²) < 4.78 is 10.4. The fourth-order valence-electron chi connectivity index (χ4n) is 2.44. The summed E-state index contributed by atoms with van der Waals surface area (Å²) in [6, 6.07) is 2.69. The van der Waals surface area contributed by atoms with Crippen LogP contribution in [0.3, 0.4) is 0 Å². The molecule has 1 heterocycles. The molecule has 7 heteroatoms. The number of aryl methyl sites for hydroxylation is 1. The topological polar surface area (TPSA) is 106 Å². The van der Waals surface area contributed by atoms with Crippen molar-refractivity contribution < 1.29 is 23.8 Å². The van der Waals surface area contributed by atoms with Gasteiger partial charge < -0.3 is 19.6 Å². The number of rotatable bonds is 7. The van der Waals surface area contributed by atoms with E-state index in [9.17, 15) is 19.5 Å². The van der Waals surface area contributed by atoms with Crippen LogP contribution in [0.4, 0.5) is 0 Å². The molecule has 2 N–H and O–H groups in total. The van der Waals surface area contributed by atoms with Crippen LogP contribution in [0.25, 0.3) is 11.0 Å². The number of aromatic hydroxyl groups is 1. The van der Waals surface area contributed by atoms with E-state index in [0.29, 0.717) is 30.8 Å². The van der Waals surface area contributed by atoms with Gasteiger partial charge in [-0.05, 0) is 25.5 Å². The number of carbonyl (C=O) groups excluding carboxylic acids is 2. The van der Waals surface area contributed by atoms with E-state index in [1.54, 1.807) is 14.0 Å². The predicted molar refractivity (Wildman–Crippen MR) is 87.5 cm³/mol. The summed E-state index contributed by atoms with van der Waals surface area (Å²) in [6.07, 6.45) is 0.808. The first kappa shape index (κ1) is 17.7. The molecule has 0 radical (unpaired) electrons. The van der Waals surface area contributed by atoms with Gasteiger partial charge in [0.2, 0.25) is 5.91 Å². The summed E-state index contributed by atoms with van der Waals surface area (Å²) >= 11 is 0. The van der Waals surface area contributed by atoms with Crippen molar-refractivity contribution in [1.29, 1.82) is 0 Å². The maximum Gasteiger partial charge on any atom is 0.220 e. The molecule has 0 aliphatic carbocycles. The quantitative estimate of drug-likeness (QED) is 0.585. The van der Waals surface area contributed by atoms with Crippen molar-refractivity contribution in [1.82, 2.24) is 5.32 Å². The predicted octanol–water partition coefficient (Wildman–Crippen LogP) is 1.31. The van der Waals surface area contributed by atoms with E-state index < -0.39 is 0 Å². The number of phenols is 1. The molecule has 1 aromatic carbocycles. The van der Waals surface area contributed by atoms with E-state index in [4.69, 9.17) is 9.15 Å². The van der Waals surface area contributed by atoms with Gasteiger partial charge in [0.25, 0.3) is 0 Å². The lowest BCUT2D eigenvalue weighted by Gasteiger charge is -2.09. The summed E-state index contributed by atoms with van der Waals surface area (Å²) in [6.45, 7) is 2.42. The Balaban J connectivity index is 2.29. The number of fused-ring (bicyclic) bond motifs is 1. The van der Waals surface area contributed by atoms with Crippen LogP contribution < -0.4 is 10.7 Å². The summed E-state index contributed by atoms with van der Waals surface area (Å²) in [5.74, 6) is -0.110. The molecule has 128 valence electrons. The number of ether oxygens (including phenoxy) is 1. The second-order valence-corrected chi connectivity index (χ2v) is 5.30. The number of phenolic OH excluding ortho intramolecular Hbond substituents is 1. The van der Waals surface area contributed by atoms with Crippen molar-refractivity contribution in [3.63, 3.8) is 0 Å². The van der Waals surface area contributed by atoms with Crippen molar-refractivity contribution in [2.75, 3.05) is 20.3 Å². The van der Waals surface area contributed by atoms with Gasteiger partial charge in [0, 0.05) is 25.6 Å². The third-order valence-electron chi connectivity index (χ3n) is 3.72. The zero-order valence-corrected chi connectivity index (χ0v) is 13.5. The number of benzene rings is 1. The third-order valence-corrected chi connectivity index (χ3v) is 3.72. The van der Waals surface area contributed by atoms with E-state index in [0.717, 1.165) is 0 Å². The van der Waals surface area contributed by atoms with Crippen molar-refractivity contribution in [3.8, 4) is 5.75 Å². The third kappa shape index (κ3) is 3.62. The molecule has 0 saturated carbocycles. The minimum absolute atomic E-state index is 0.0563. The van der Waals surface area contributed by atoms with Gasteiger partial charge in [0.15, 0.2) is 17.3 Å². The lowest BCUT2D eigenvalue weighted by Crippen LogP contribution is -2.27. The smallest absolute Gasteiger partial charge is 0.220 e. The molecule has 2 aromatic rings. The van der Waals surface area contributed by atoms with Crippen LogP contribution in [-0.2, 0) is 16.0 Å². The number of amides is 1. The van der Waals surface area contributed by atoms with Gasteiger partial charge in [-0.25, -0.2) is 0 Å².